The molecule has 116 valence electrons. The summed E-state index contributed by atoms with van der Waals surface area (Å²) < 4.78 is 5.88. The highest BCUT2D eigenvalue weighted by atomic mass is 16.6. The van der Waals surface area contributed by atoms with Gasteiger partial charge in [-0.3, -0.25) is 4.79 Å². The molecule has 1 aliphatic carbocycles. The van der Waals surface area contributed by atoms with Gasteiger partial charge in [0.05, 0.1) is 0 Å². The molecule has 2 aliphatic rings. The van der Waals surface area contributed by atoms with Crippen molar-refractivity contribution in [3.63, 3.8) is 0 Å². The predicted molar refractivity (Wildman–Crippen MR) is 87.8 cm³/mol. The Kier molecular flexibility index (Phi) is 3.20. The number of carbonyl (C=O) groups is 1. The molecule has 0 saturated carbocycles. The fourth-order valence-electron chi connectivity index (χ4n) is 3.37. The number of nitrogens with two attached hydrogens (primary N) is 1. The second-order valence-electron chi connectivity index (χ2n) is 5.98. The highest BCUT2D eigenvalue weighted by molar-refractivity contribution is 6.00. The van der Waals surface area contributed by atoms with Crippen molar-refractivity contribution in [3.05, 3.63) is 59.2 Å². The van der Waals surface area contributed by atoms with Crippen molar-refractivity contribution in [2.24, 2.45) is 5.90 Å². The van der Waals surface area contributed by atoms with Gasteiger partial charge < -0.3 is 9.57 Å². The Hall–Kier alpha value is -2.59. The Bertz CT molecular complexity index is 839. The first-order valence-electron chi connectivity index (χ1n) is 7.69. The highest BCUT2D eigenvalue weighted by Gasteiger charge is 2.24. The quantitative estimate of drug-likeness (QED) is 0.680. The normalized spacial score (nSPS) is 15.1. The van der Waals surface area contributed by atoms with Crippen LogP contribution in [0.15, 0.2) is 36.9 Å². The van der Waals surface area contributed by atoms with Crippen LogP contribution in [0.25, 0.3) is 16.9 Å². The molecule has 0 aromatic heterocycles. The minimum atomic E-state index is 0.218. The fraction of sp³-hybridized carbons (Fsp3) is 0.211. The molecule has 0 fully saturated rings. The monoisotopic (exact) mass is 307 g/mol. The summed E-state index contributed by atoms with van der Waals surface area (Å²) in [7, 11) is 0. The van der Waals surface area contributed by atoms with E-state index in [1.165, 1.54) is 0 Å². The molecule has 2 aromatic rings. The maximum atomic E-state index is 12.1. The van der Waals surface area contributed by atoms with Gasteiger partial charge in [0.2, 0.25) is 0 Å². The molecule has 0 radical (unpaired) electrons. The molecule has 1 aliphatic heterocycles. The molecule has 1 heterocycles. The average Bonchev–Trinajstić information content (AvgIpc) is 2.59. The molecule has 0 atom stereocenters. The van der Waals surface area contributed by atoms with E-state index in [9.17, 15) is 4.79 Å². The van der Waals surface area contributed by atoms with Crippen LogP contribution < -0.4 is 10.6 Å². The van der Waals surface area contributed by atoms with E-state index < -0.39 is 0 Å². The molecule has 23 heavy (non-hydrogen) atoms. The van der Waals surface area contributed by atoms with Gasteiger partial charge in [0.25, 0.3) is 0 Å². The van der Waals surface area contributed by atoms with Crippen molar-refractivity contribution in [3.8, 4) is 16.9 Å². The number of benzene rings is 2. The van der Waals surface area contributed by atoms with E-state index in [2.05, 4.69) is 12.6 Å². The fourth-order valence-corrected chi connectivity index (χ4v) is 3.37. The topological polar surface area (TPSA) is 61.6 Å². The number of hydrogen-bond donors (Lipinski definition) is 1. The number of ketones is 1. The molecule has 0 spiro atoms. The Morgan fingerprint density at radius 2 is 1.96 bits per heavy atom. The summed E-state index contributed by atoms with van der Waals surface area (Å²) in [6, 6.07) is 9.97. The van der Waals surface area contributed by atoms with Crippen molar-refractivity contribution >= 4 is 11.5 Å². The summed E-state index contributed by atoms with van der Waals surface area (Å²) in [5.74, 6) is 6.61. The Labute approximate surface area is 134 Å². The van der Waals surface area contributed by atoms with Gasteiger partial charge in [0.1, 0.15) is 18.1 Å². The highest BCUT2D eigenvalue weighted by Crippen LogP contribution is 2.41. The zero-order valence-corrected chi connectivity index (χ0v) is 12.7. The first-order valence-corrected chi connectivity index (χ1v) is 7.69. The van der Waals surface area contributed by atoms with Crippen molar-refractivity contribution < 1.29 is 14.4 Å². The zero-order valence-electron chi connectivity index (χ0n) is 12.7. The standard InChI is InChI=1S/C19H17NO3/c1-11(23-20)12-5-6-15-14(7-12)10-22-19-9-16-13(8-17(15)19)3-2-4-18(16)21/h5-9H,1-4,10,20H2. The van der Waals surface area contributed by atoms with E-state index in [0.717, 1.165) is 52.0 Å². The Morgan fingerprint density at radius 1 is 1.09 bits per heavy atom. The summed E-state index contributed by atoms with van der Waals surface area (Å²) in [5.41, 5.74) is 6.02. The third kappa shape index (κ3) is 2.23. The summed E-state index contributed by atoms with van der Waals surface area (Å²) in [6.45, 7) is 4.24. The number of aryl methyl sites for hydroxylation is 1. The van der Waals surface area contributed by atoms with Crippen molar-refractivity contribution in [1.29, 1.82) is 0 Å². The van der Waals surface area contributed by atoms with Gasteiger partial charge in [-0.05, 0) is 47.7 Å². The third-order valence-electron chi connectivity index (χ3n) is 4.60. The largest absolute Gasteiger partial charge is 0.488 e. The Balaban J connectivity index is 1.83. The minimum Gasteiger partial charge on any atom is -0.488 e. The van der Waals surface area contributed by atoms with Crippen molar-refractivity contribution in [2.45, 2.75) is 25.9 Å². The molecule has 0 amide bonds. The molecule has 2 N–H and O–H groups in total. The lowest BCUT2D eigenvalue weighted by atomic mass is 9.86. The first-order chi connectivity index (χ1) is 11.2. The molecular weight excluding hydrogens is 290 g/mol. The molecule has 0 unspecified atom stereocenters. The lowest BCUT2D eigenvalue weighted by molar-refractivity contribution is 0.0972. The third-order valence-corrected chi connectivity index (χ3v) is 4.60. The van der Waals surface area contributed by atoms with Crippen LogP contribution in [-0.2, 0) is 17.9 Å². The van der Waals surface area contributed by atoms with Gasteiger partial charge in [-0.1, -0.05) is 18.7 Å². The van der Waals surface area contributed by atoms with E-state index in [-0.39, 0.29) is 5.78 Å². The minimum absolute atomic E-state index is 0.218. The summed E-state index contributed by atoms with van der Waals surface area (Å²) in [5, 5.41) is 0. The summed E-state index contributed by atoms with van der Waals surface area (Å²) in [6.07, 6.45) is 2.50. The molecule has 4 nitrogen and oxygen atoms in total. The van der Waals surface area contributed by atoms with Gasteiger partial charge in [-0.2, -0.15) is 5.90 Å². The van der Waals surface area contributed by atoms with Gasteiger partial charge in [-0.15, -0.1) is 0 Å². The van der Waals surface area contributed by atoms with Crippen LogP contribution in [0.2, 0.25) is 0 Å². The van der Waals surface area contributed by atoms with Crippen LogP contribution >= 0.6 is 0 Å². The second kappa shape index (κ2) is 5.25. The lowest BCUT2D eigenvalue weighted by Gasteiger charge is -2.25. The van der Waals surface area contributed by atoms with Gasteiger partial charge in [0.15, 0.2) is 5.78 Å². The van der Waals surface area contributed by atoms with Crippen LogP contribution in [0, 0.1) is 0 Å². The number of carbonyl (C=O) groups excluding carboxylic acids is 1. The maximum Gasteiger partial charge on any atom is 0.163 e. The average molecular weight is 307 g/mol. The van der Waals surface area contributed by atoms with Crippen molar-refractivity contribution in [2.75, 3.05) is 0 Å². The second-order valence-corrected chi connectivity index (χ2v) is 5.98. The van der Waals surface area contributed by atoms with E-state index in [0.29, 0.717) is 18.8 Å². The van der Waals surface area contributed by atoms with Gasteiger partial charge in [0, 0.05) is 23.1 Å². The van der Waals surface area contributed by atoms with Crippen LogP contribution in [0.1, 0.15) is 39.9 Å². The molecule has 0 saturated heterocycles. The smallest absolute Gasteiger partial charge is 0.163 e. The number of hydrogen-bond acceptors (Lipinski definition) is 4. The molecular formula is C19H17NO3. The number of fused-ring (bicyclic) bond motifs is 4. The van der Waals surface area contributed by atoms with Crippen LogP contribution in [0.3, 0.4) is 0 Å². The number of rotatable bonds is 2. The first kappa shape index (κ1) is 14.0. The number of ether oxygens (including phenoxy) is 1. The molecule has 0 bridgehead atoms. The van der Waals surface area contributed by atoms with E-state index in [1.807, 2.05) is 24.3 Å². The van der Waals surface area contributed by atoms with Crippen molar-refractivity contribution in [1.82, 2.24) is 0 Å². The van der Waals surface area contributed by atoms with Crippen LogP contribution in [0.5, 0.6) is 5.75 Å². The molecule has 2 aromatic carbocycles. The maximum absolute atomic E-state index is 12.1. The van der Waals surface area contributed by atoms with Gasteiger partial charge in [-0.25, -0.2) is 0 Å². The number of Topliss-reactive ketones (excluding diaryl/α,β-unsaturated/α-hetero) is 1. The van der Waals surface area contributed by atoms with E-state index in [1.54, 1.807) is 0 Å². The van der Waals surface area contributed by atoms with Crippen LogP contribution in [-0.4, -0.2) is 5.78 Å². The van der Waals surface area contributed by atoms with Crippen LogP contribution in [0.4, 0.5) is 0 Å². The van der Waals surface area contributed by atoms with E-state index in [4.69, 9.17) is 15.5 Å². The SMILES string of the molecule is C=C(ON)c1ccc2c(c1)COc1cc3c(cc1-2)CCCC3=O. The van der Waals surface area contributed by atoms with Gasteiger partial charge >= 0.3 is 0 Å². The zero-order chi connectivity index (χ0) is 16.0. The summed E-state index contributed by atoms with van der Waals surface area (Å²) in [4.78, 5) is 16.8. The molecule has 4 heteroatoms. The summed E-state index contributed by atoms with van der Waals surface area (Å²) >= 11 is 0. The molecule has 4 rings (SSSR count). The van der Waals surface area contributed by atoms with E-state index >= 15 is 0 Å². The predicted octanol–water partition coefficient (Wildman–Crippen LogP) is 3.63. The lowest BCUT2D eigenvalue weighted by Crippen LogP contribution is -2.14. The Morgan fingerprint density at radius 3 is 2.78 bits per heavy atom.